The molecule has 12 N–H and O–H groups in total. The second-order valence-corrected chi connectivity index (χ2v) is 6.94. The van der Waals surface area contributed by atoms with Gasteiger partial charge in [0.05, 0.1) is 0 Å². The Labute approximate surface area is 180 Å². The number of hydrogen-bond donors (Lipinski definition) is 12. The van der Waals surface area contributed by atoms with Crippen LogP contribution in [0.2, 0.25) is 0 Å². The molecule has 172 valence electrons. The fourth-order valence-corrected chi connectivity index (χ4v) is 0.141. The number of hydrogen-bond acceptors (Lipinski definition) is 8. The molecular formula is C3H13NNaO20P3S. The van der Waals surface area contributed by atoms with Crippen molar-refractivity contribution >= 4 is 81.3 Å². The monoisotopic (exact) mass is 531 g/mol. The Morgan fingerprint density at radius 2 is 0.828 bits per heavy atom. The molecule has 0 aliphatic heterocycles. The Morgan fingerprint density at radius 1 is 0.690 bits per heavy atom. The predicted molar refractivity (Wildman–Crippen MR) is 84.9 cm³/mol. The van der Waals surface area contributed by atoms with Gasteiger partial charge in [-0.25, -0.2) is 28.1 Å². The first-order chi connectivity index (χ1) is 11.7. The first-order valence-electron chi connectivity index (χ1n) is 4.58. The van der Waals surface area contributed by atoms with Gasteiger partial charge < -0.3 is 54.3 Å². The van der Waals surface area contributed by atoms with Gasteiger partial charge in [-0.05, 0) is 0 Å². The third kappa shape index (κ3) is 315. The molecular weight excluding hydrogens is 518 g/mol. The van der Waals surface area contributed by atoms with Crippen LogP contribution in [0.4, 0.5) is 0 Å². The van der Waals surface area contributed by atoms with Crippen LogP contribution in [0.25, 0.3) is 0 Å². The van der Waals surface area contributed by atoms with Crippen LogP contribution in [0, 0.1) is 0 Å². The van der Waals surface area contributed by atoms with Gasteiger partial charge >= 0.3 is 75.3 Å². The molecule has 0 unspecified atom stereocenters. The summed E-state index contributed by atoms with van der Waals surface area (Å²) in [5.74, 6) is -3.65. The fourth-order valence-electron chi connectivity index (χ4n) is 0.0471. The van der Waals surface area contributed by atoms with Crippen molar-refractivity contribution in [3.8, 4) is 0 Å². The van der Waals surface area contributed by atoms with Gasteiger partial charge in [-0.3, -0.25) is 4.55 Å². The summed E-state index contributed by atoms with van der Waals surface area (Å²) in [6.07, 6.45) is 0.645. The van der Waals surface area contributed by atoms with Crippen LogP contribution >= 0.6 is 23.5 Å². The molecule has 0 radical (unpaired) electrons. The zero-order valence-corrected chi connectivity index (χ0v) is 15.8. The van der Waals surface area contributed by atoms with Crippen molar-refractivity contribution in [3.05, 3.63) is 0 Å². The number of carboxylic acids is 2. The molecule has 0 aromatic rings. The van der Waals surface area contributed by atoms with E-state index in [1.165, 1.54) is 0 Å². The zero-order valence-electron chi connectivity index (χ0n) is 12.3. The van der Waals surface area contributed by atoms with E-state index in [0.717, 1.165) is 0 Å². The van der Waals surface area contributed by atoms with Crippen LogP contribution in [0.15, 0.2) is 4.40 Å². The maximum absolute atomic E-state index is 9.36. The van der Waals surface area contributed by atoms with Crippen LogP contribution in [-0.2, 0) is 38.4 Å². The van der Waals surface area contributed by atoms with E-state index in [1.807, 2.05) is 4.40 Å². The van der Waals surface area contributed by atoms with Gasteiger partial charge in [-0.2, -0.15) is 8.42 Å². The standard InChI is InChI=1S/C2H2O4.CHNO4S.Na.3H3O4P.H/c3-1(4)2(5)6;3-1-2-7(4,5)6;;3*1-5(2,3)4;/h(H,3,4)(H,5,6);(H,4,5,6);;3*(H3,1,2,3,4);. The van der Waals surface area contributed by atoms with E-state index in [2.05, 4.69) is 0 Å². The van der Waals surface area contributed by atoms with Gasteiger partial charge in [0, 0.05) is 0 Å². The Bertz CT molecular complexity index is 663. The van der Waals surface area contributed by atoms with Gasteiger partial charge in [0.2, 0.25) is 0 Å². The van der Waals surface area contributed by atoms with Crippen LogP contribution in [0.1, 0.15) is 0 Å². The molecule has 0 aromatic heterocycles. The second kappa shape index (κ2) is 19.5. The summed E-state index contributed by atoms with van der Waals surface area (Å²) >= 11 is 0. The summed E-state index contributed by atoms with van der Waals surface area (Å²) in [5, 5.41) is 14.8. The van der Waals surface area contributed by atoms with E-state index < -0.39 is 45.7 Å². The molecule has 0 spiro atoms. The van der Waals surface area contributed by atoms with Crippen molar-refractivity contribution in [2.24, 2.45) is 4.40 Å². The number of carbonyl (C=O) groups is 2. The van der Waals surface area contributed by atoms with Crippen LogP contribution in [0.3, 0.4) is 0 Å². The van der Waals surface area contributed by atoms with E-state index in [4.69, 9.17) is 86.9 Å². The van der Waals surface area contributed by atoms with Gasteiger partial charge in [-0.1, -0.05) is 4.40 Å². The second-order valence-electron chi connectivity index (χ2n) is 2.78. The molecule has 0 rings (SSSR count). The van der Waals surface area contributed by atoms with E-state index in [9.17, 15) is 8.42 Å². The summed E-state index contributed by atoms with van der Waals surface area (Å²) in [5.41, 5.74) is 0. The first-order valence-corrected chi connectivity index (χ1v) is 10.7. The number of nitrogens with zero attached hydrogens (tertiary/aromatic N) is 1. The van der Waals surface area contributed by atoms with Crippen LogP contribution in [0.5, 0.6) is 0 Å². The molecule has 21 nitrogen and oxygen atoms in total. The quantitative estimate of drug-likeness (QED) is 0.0375. The molecule has 29 heavy (non-hydrogen) atoms. The number of rotatable bonds is 1. The molecule has 0 fully saturated rings. The average Bonchev–Trinajstić information content (AvgIpc) is 2.19. The SMILES string of the molecule is O=C(O)C(=O)O.O=C=NS(=O)(=O)O.O=P(O)(O)O.O=P(O)(O)O.O=P(O)(O)O.[NaH]. The number of carboxylic acid groups (broad SMARTS) is 2. The topological polar surface area (TPSA) is 392 Å². The zero-order chi connectivity index (χ0) is 24.6. The van der Waals surface area contributed by atoms with E-state index in [-0.39, 0.29) is 29.6 Å². The molecule has 0 aliphatic rings. The van der Waals surface area contributed by atoms with Gasteiger partial charge in [0.25, 0.3) is 6.08 Å². The van der Waals surface area contributed by atoms with Gasteiger partial charge in [0.15, 0.2) is 0 Å². The van der Waals surface area contributed by atoms with E-state index >= 15 is 0 Å². The minimum atomic E-state index is -4.64. The van der Waals surface area contributed by atoms with Crippen LogP contribution in [-0.4, -0.2) is 115 Å². The Balaban J connectivity index is -0.0000000569. The fraction of sp³-hybridized carbons (Fsp3) is 0. The molecule has 0 saturated heterocycles. The van der Waals surface area contributed by atoms with Gasteiger partial charge in [-0.15, -0.1) is 0 Å². The molecule has 0 aliphatic carbocycles. The average molecular weight is 531 g/mol. The summed E-state index contributed by atoms with van der Waals surface area (Å²) < 4.78 is 54.9. The van der Waals surface area contributed by atoms with Crippen molar-refractivity contribution in [1.29, 1.82) is 0 Å². The van der Waals surface area contributed by atoms with Crippen molar-refractivity contribution < 1.29 is 95.3 Å². The van der Waals surface area contributed by atoms with Gasteiger partial charge in [0.1, 0.15) is 0 Å². The molecule has 26 heteroatoms. The first kappa shape index (κ1) is 42.6. The number of aliphatic carboxylic acids is 2. The van der Waals surface area contributed by atoms with Crippen LogP contribution < -0.4 is 0 Å². The Hall–Kier alpha value is -0.440. The molecule has 0 amide bonds. The van der Waals surface area contributed by atoms with Crippen molar-refractivity contribution in [3.63, 3.8) is 0 Å². The minimum absolute atomic E-state index is 0. The molecule has 0 aromatic carbocycles. The van der Waals surface area contributed by atoms with E-state index in [1.54, 1.807) is 0 Å². The number of isocyanates is 1. The number of carbonyl (C=O) groups excluding carboxylic acids is 1. The third-order valence-corrected chi connectivity index (χ3v) is 0.641. The summed E-state index contributed by atoms with van der Waals surface area (Å²) in [6, 6.07) is 0. The third-order valence-electron chi connectivity index (χ3n) is 0.336. The molecule has 0 saturated carbocycles. The number of phosphoric acid groups is 3. The van der Waals surface area contributed by atoms with Crippen molar-refractivity contribution in [2.45, 2.75) is 0 Å². The Kier molecular flexibility index (Phi) is 28.7. The molecule has 0 heterocycles. The predicted octanol–water partition coefficient (Wildman–Crippen LogP) is -5.15. The van der Waals surface area contributed by atoms with Crippen molar-refractivity contribution in [1.82, 2.24) is 0 Å². The normalized spacial score (nSPS) is 10.0. The van der Waals surface area contributed by atoms with Crippen molar-refractivity contribution in [2.75, 3.05) is 0 Å². The summed E-state index contributed by atoms with van der Waals surface area (Å²) in [7, 11) is -18.4. The summed E-state index contributed by atoms with van der Waals surface area (Å²) in [4.78, 5) is 91.9. The van der Waals surface area contributed by atoms with E-state index in [0.29, 0.717) is 6.08 Å². The summed E-state index contributed by atoms with van der Waals surface area (Å²) in [6.45, 7) is 0. The maximum atomic E-state index is 9.36. The molecule has 0 atom stereocenters. The Morgan fingerprint density at radius 3 is 0.828 bits per heavy atom. The molecule has 0 bridgehead atoms.